The zero-order valence-electron chi connectivity index (χ0n) is 15.3. The maximum absolute atomic E-state index is 12.5. The van der Waals surface area contributed by atoms with E-state index in [-0.39, 0.29) is 35.1 Å². The fourth-order valence-electron chi connectivity index (χ4n) is 2.79. The molecule has 0 aromatic heterocycles. The van der Waals surface area contributed by atoms with E-state index in [0.29, 0.717) is 15.6 Å². The van der Waals surface area contributed by atoms with Crippen LogP contribution in [0.5, 0.6) is 0 Å². The second-order valence-electron chi connectivity index (χ2n) is 6.14. The number of carbonyl (C=O) groups is 3. The summed E-state index contributed by atoms with van der Waals surface area (Å²) in [5, 5.41) is 2.64. The normalized spacial score (nSPS) is 15.2. The monoisotopic (exact) mass is 436 g/mol. The first-order chi connectivity index (χ1) is 13.7. The van der Waals surface area contributed by atoms with Crippen molar-refractivity contribution in [3.63, 3.8) is 0 Å². The molecule has 8 nitrogen and oxygen atoms in total. The Morgan fingerprint density at radius 3 is 2.41 bits per heavy atom. The summed E-state index contributed by atoms with van der Waals surface area (Å²) in [5.74, 6) is -1.79. The Kier molecular flexibility index (Phi) is 5.90. The number of ether oxygens (including phenoxy) is 1. The number of rotatable bonds is 5. The lowest BCUT2D eigenvalue weighted by atomic mass is 10.1. The molecule has 1 heterocycles. The summed E-state index contributed by atoms with van der Waals surface area (Å²) in [6.07, 6.45) is -0.0933. The molecule has 1 aliphatic rings. The summed E-state index contributed by atoms with van der Waals surface area (Å²) in [7, 11) is -3.72. The van der Waals surface area contributed by atoms with E-state index < -0.39 is 27.8 Å². The van der Waals surface area contributed by atoms with Crippen LogP contribution in [-0.4, -0.2) is 38.6 Å². The highest BCUT2D eigenvalue weighted by Gasteiger charge is 2.36. The van der Waals surface area contributed by atoms with Gasteiger partial charge in [-0.2, -0.15) is 0 Å². The molecule has 0 atom stereocenters. The van der Waals surface area contributed by atoms with Gasteiger partial charge in [-0.1, -0.05) is 11.6 Å². The molecular weight excluding hydrogens is 420 g/mol. The number of amides is 2. The maximum atomic E-state index is 12.5. The van der Waals surface area contributed by atoms with Gasteiger partial charge < -0.3 is 10.1 Å². The molecular formula is C19H17ClN2O6S. The van der Waals surface area contributed by atoms with Crippen LogP contribution in [0.1, 0.15) is 34.1 Å². The first-order valence-corrected chi connectivity index (χ1v) is 10.7. The van der Waals surface area contributed by atoms with Crippen LogP contribution in [0.4, 0.5) is 11.4 Å². The molecule has 0 radical (unpaired) electrons. The average molecular weight is 437 g/mol. The molecule has 0 bridgehead atoms. The molecule has 2 aromatic rings. The molecule has 1 fully saturated rings. The van der Waals surface area contributed by atoms with Crippen LogP contribution in [-0.2, 0) is 19.6 Å². The number of carbonyl (C=O) groups excluding carboxylic acids is 3. The summed E-state index contributed by atoms with van der Waals surface area (Å²) < 4.78 is 29.6. The minimum absolute atomic E-state index is 0.00181. The predicted molar refractivity (Wildman–Crippen MR) is 108 cm³/mol. The van der Waals surface area contributed by atoms with Crippen LogP contribution in [0.3, 0.4) is 0 Å². The molecule has 0 unspecified atom stereocenters. The minimum Gasteiger partial charge on any atom is -0.462 e. The van der Waals surface area contributed by atoms with Gasteiger partial charge in [0.2, 0.25) is 15.9 Å². The minimum atomic E-state index is -3.72. The quantitative estimate of drug-likeness (QED) is 0.721. The molecule has 0 spiro atoms. The standard InChI is InChI=1S/C19H17ClN2O6S/c1-2-28-19(25)12-3-5-13(6-4-12)21-18(24)15-8-7-14(11-16(15)20)22-17(23)9-10-29(22,26)27/h3-8,11H,2,9-10H2,1H3,(H,21,24). The fourth-order valence-corrected chi connectivity index (χ4v) is 4.50. The zero-order chi connectivity index (χ0) is 21.2. The van der Waals surface area contributed by atoms with Crippen molar-refractivity contribution in [2.45, 2.75) is 13.3 Å². The summed E-state index contributed by atoms with van der Waals surface area (Å²) in [5.41, 5.74) is 0.978. The number of sulfonamides is 1. The van der Waals surface area contributed by atoms with E-state index in [1.165, 1.54) is 30.3 Å². The SMILES string of the molecule is CCOC(=O)c1ccc(NC(=O)c2ccc(N3C(=O)CCS3(=O)=O)cc2Cl)cc1. The van der Waals surface area contributed by atoms with Gasteiger partial charge in [0.1, 0.15) is 0 Å². The molecule has 0 saturated carbocycles. The van der Waals surface area contributed by atoms with E-state index in [9.17, 15) is 22.8 Å². The van der Waals surface area contributed by atoms with Gasteiger partial charge in [0.15, 0.2) is 0 Å². The Labute approximate surface area is 172 Å². The molecule has 29 heavy (non-hydrogen) atoms. The van der Waals surface area contributed by atoms with Gasteiger partial charge in [-0.05, 0) is 49.4 Å². The van der Waals surface area contributed by atoms with Gasteiger partial charge in [0, 0.05) is 12.1 Å². The Balaban J connectivity index is 1.76. The van der Waals surface area contributed by atoms with E-state index in [1.807, 2.05) is 0 Å². The molecule has 152 valence electrons. The summed E-state index contributed by atoms with van der Waals surface area (Å²) in [6.45, 7) is 1.96. The summed E-state index contributed by atoms with van der Waals surface area (Å²) >= 11 is 6.16. The van der Waals surface area contributed by atoms with Crippen LogP contribution < -0.4 is 9.62 Å². The molecule has 1 aliphatic heterocycles. The molecule has 1 saturated heterocycles. The number of benzene rings is 2. The molecule has 3 rings (SSSR count). The van der Waals surface area contributed by atoms with Crippen LogP contribution in [0.15, 0.2) is 42.5 Å². The maximum Gasteiger partial charge on any atom is 0.338 e. The van der Waals surface area contributed by atoms with Crippen molar-refractivity contribution in [3.8, 4) is 0 Å². The number of hydrogen-bond acceptors (Lipinski definition) is 6. The molecule has 10 heteroatoms. The zero-order valence-corrected chi connectivity index (χ0v) is 16.9. The van der Waals surface area contributed by atoms with Gasteiger partial charge >= 0.3 is 5.97 Å². The van der Waals surface area contributed by atoms with Crippen molar-refractivity contribution < 1.29 is 27.5 Å². The van der Waals surface area contributed by atoms with Crippen molar-refractivity contribution in [2.75, 3.05) is 22.0 Å². The van der Waals surface area contributed by atoms with Crippen molar-refractivity contribution in [1.29, 1.82) is 0 Å². The Morgan fingerprint density at radius 1 is 1.17 bits per heavy atom. The number of esters is 1. The van der Waals surface area contributed by atoms with Gasteiger partial charge in [-0.15, -0.1) is 0 Å². The first-order valence-electron chi connectivity index (χ1n) is 8.67. The number of anilines is 2. The lowest BCUT2D eigenvalue weighted by Gasteiger charge is -2.16. The predicted octanol–water partition coefficient (Wildman–Crippen LogP) is 2.84. The van der Waals surface area contributed by atoms with Gasteiger partial charge in [-0.25, -0.2) is 17.5 Å². The molecule has 1 N–H and O–H groups in total. The smallest absolute Gasteiger partial charge is 0.338 e. The van der Waals surface area contributed by atoms with Gasteiger partial charge in [-0.3, -0.25) is 9.59 Å². The van der Waals surface area contributed by atoms with Crippen LogP contribution >= 0.6 is 11.6 Å². The first kappa shape index (κ1) is 20.8. The highest BCUT2D eigenvalue weighted by atomic mass is 35.5. The third-order valence-electron chi connectivity index (χ3n) is 4.16. The Bertz CT molecular complexity index is 1080. The van der Waals surface area contributed by atoms with Crippen LogP contribution in [0.2, 0.25) is 5.02 Å². The largest absolute Gasteiger partial charge is 0.462 e. The lowest BCUT2D eigenvalue weighted by molar-refractivity contribution is -0.116. The molecule has 2 amide bonds. The van der Waals surface area contributed by atoms with E-state index in [2.05, 4.69) is 5.32 Å². The third kappa shape index (κ3) is 4.41. The van der Waals surface area contributed by atoms with Crippen molar-refractivity contribution in [2.24, 2.45) is 0 Å². The second-order valence-corrected chi connectivity index (χ2v) is 8.48. The van der Waals surface area contributed by atoms with Gasteiger partial charge in [0.05, 0.1) is 34.2 Å². The summed E-state index contributed by atoms with van der Waals surface area (Å²) in [4.78, 5) is 36.0. The average Bonchev–Trinajstić information content (AvgIpc) is 2.94. The van der Waals surface area contributed by atoms with E-state index in [0.717, 1.165) is 0 Å². The van der Waals surface area contributed by atoms with E-state index in [4.69, 9.17) is 16.3 Å². The number of nitrogens with zero attached hydrogens (tertiary/aromatic N) is 1. The van der Waals surface area contributed by atoms with Crippen molar-refractivity contribution in [3.05, 3.63) is 58.6 Å². The fraction of sp³-hybridized carbons (Fsp3) is 0.211. The Morgan fingerprint density at radius 2 is 1.86 bits per heavy atom. The van der Waals surface area contributed by atoms with Crippen molar-refractivity contribution >= 4 is 50.8 Å². The highest BCUT2D eigenvalue weighted by molar-refractivity contribution is 7.94. The third-order valence-corrected chi connectivity index (χ3v) is 6.17. The number of hydrogen-bond donors (Lipinski definition) is 1. The molecule has 2 aromatic carbocycles. The van der Waals surface area contributed by atoms with E-state index >= 15 is 0 Å². The van der Waals surface area contributed by atoms with E-state index in [1.54, 1.807) is 19.1 Å². The number of nitrogens with one attached hydrogen (secondary N) is 1. The lowest BCUT2D eigenvalue weighted by Crippen LogP contribution is -2.29. The topological polar surface area (TPSA) is 110 Å². The van der Waals surface area contributed by atoms with Crippen LogP contribution in [0, 0.1) is 0 Å². The summed E-state index contributed by atoms with van der Waals surface area (Å²) in [6, 6.07) is 10.1. The van der Waals surface area contributed by atoms with Crippen molar-refractivity contribution in [1.82, 2.24) is 0 Å². The number of halogens is 1. The molecule has 0 aliphatic carbocycles. The van der Waals surface area contributed by atoms with Gasteiger partial charge in [0.25, 0.3) is 5.91 Å². The second kappa shape index (κ2) is 8.22. The highest BCUT2D eigenvalue weighted by Crippen LogP contribution is 2.29. The van der Waals surface area contributed by atoms with Crippen LogP contribution in [0.25, 0.3) is 0 Å². The Hall–Kier alpha value is -2.91.